The van der Waals surface area contributed by atoms with Gasteiger partial charge < -0.3 is 29.9 Å². The molecule has 10 nitrogen and oxygen atoms in total. The molecule has 14 rings (SSSR count). The highest BCUT2D eigenvalue weighted by atomic mass is 79.9. The van der Waals surface area contributed by atoms with Crippen LogP contribution in [0.15, 0.2) is 167 Å². The summed E-state index contributed by atoms with van der Waals surface area (Å²) in [5.41, 5.74) is 20.6. The van der Waals surface area contributed by atoms with E-state index in [1.165, 1.54) is 0 Å². The summed E-state index contributed by atoms with van der Waals surface area (Å²) in [6.07, 6.45) is -0.338. The summed E-state index contributed by atoms with van der Waals surface area (Å²) in [5.74, 6) is -1.83. The van der Waals surface area contributed by atoms with Crippen molar-refractivity contribution < 1.29 is 19.2 Å². The van der Waals surface area contributed by atoms with Crippen LogP contribution in [0.1, 0.15) is 198 Å². The van der Waals surface area contributed by atoms with E-state index < -0.39 is 5.92 Å². The first-order valence-electron chi connectivity index (χ1n) is 31.2. The van der Waals surface area contributed by atoms with E-state index in [2.05, 4.69) is 208 Å². The number of aryl methyl sites for hydroxylation is 4. The molecule has 0 aliphatic heterocycles. The van der Waals surface area contributed by atoms with Gasteiger partial charge in [-0.05, 0) is 205 Å². The molecule has 0 bridgehead atoms. The second-order valence-corrected chi connectivity index (χ2v) is 27.7. The average molecular weight is 1310 g/mol. The Kier molecular flexibility index (Phi) is 15.5. The second kappa shape index (κ2) is 23.7. The summed E-state index contributed by atoms with van der Waals surface area (Å²) in [6.45, 7) is 19.1. The Hall–Kier alpha value is -9.40. The molecule has 92 heavy (non-hydrogen) atoms. The number of carbonyl (C=O) groups excluding carboxylic acids is 4. The van der Waals surface area contributed by atoms with Gasteiger partial charge in [-0.2, -0.15) is 0 Å². The lowest BCUT2D eigenvalue weighted by Gasteiger charge is -2.21. The largest absolute Gasteiger partial charge is 0.361 e. The van der Waals surface area contributed by atoms with Crippen LogP contribution in [0.3, 0.4) is 0 Å². The van der Waals surface area contributed by atoms with Gasteiger partial charge >= 0.3 is 0 Å². The Bertz CT molecular complexity index is 5310. The monoisotopic (exact) mass is 1310 g/mol. The smallest absolute Gasteiger partial charge is 0.172 e. The Morgan fingerprint density at radius 3 is 1.14 bits per heavy atom. The molecule has 6 aromatic carbocycles. The highest BCUT2D eigenvalue weighted by Crippen LogP contribution is 2.47. The molecule has 0 aliphatic rings. The molecule has 0 saturated carbocycles. The molecule has 0 fully saturated rings. The van der Waals surface area contributed by atoms with Crippen molar-refractivity contribution in [3.05, 3.63) is 302 Å². The highest BCUT2D eigenvalue weighted by molar-refractivity contribution is 9.10. The topological polar surface area (TPSA) is 163 Å². The third-order valence-electron chi connectivity index (χ3n) is 19.3. The number of hydrogen-bond donors (Lipinski definition) is 6. The lowest BCUT2D eigenvalue weighted by molar-refractivity contribution is 0.0891. The van der Waals surface area contributed by atoms with Gasteiger partial charge in [-0.25, -0.2) is 0 Å². The zero-order valence-electron chi connectivity index (χ0n) is 52.9. The Morgan fingerprint density at radius 1 is 0.370 bits per heavy atom. The van der Waals surface area contributed by atoms with Crippen molar-refractivity contribution in [3.63, 3.8) is 0 Å². The lowest BCUT2D eigenvalue weighted by atomic mass is 9.86. The van der Waals surface area contributed by atoms with Crippen LogP contribution < -0.4 is 0 Å². The number of halogens is 1. The summed E-state index contributed by atoms with van der Waals surface area (Å²) in [4.78, 5) is 79.7. The van der Waals surface area contributed by atoms with Crippen LogP contribution in [0.2, 0.25) is 0 Å². The number of nitrogens with one attached hydrogen (secondary N) is 6. The van der Waals surface area contributed by atoms with Crippen molar-refractivity contribution in [2.75, 3.05) is 0 Å². The maximum atomic E-state index is 15.3. The van der Waals surface area contributed by atoms with Gasteiger partial charge in [-0.3, -0.25) is 19.2 Å². The van der Waals surface area contributed by atoms with Gasteiger partial charge in [0, 0.05) is 104 Å². The first kappa shape index (κ1) is 60.2. The molecule has 14 aromatic rings. The summed E-state index contributed by atoms with van der Waals surface area (Å²) in [7, 11) is 0. The minimum absolute atomic E-state index is 0.0155. The number of thiophene rings is 2. The minimum atomic E-state index is -0.397. The van der Waals surface area contributed by atoms with E-state index in [0.717, 1.165) is 148 Å². The standard InChI is InChI=1S/C79H69BrN6O4S2/c1-39-68(47(9)87)43(5)81-76(39)72(55-26-17-21-49-19-11-13-23-52(49)55)60-30-32-62(85-60)74(58-37-91-66-28-16-15-25-54(58)66)79-42(4)71(46(8)84-79)65(90)36-64(89)70-41(3)78(83-45(70)7)73(56-27-18-22-50-20-12-14-24-53(50)56)61-31-33-63(86-61)75(77-40(2)69(48(10)88)44(6)82-77)59-38-92-67-34-29-51(80)35-57(59)67/h11-35,37-38,72-75,81-86H,36H2,1-10H3. The molecule has 8 aromatic heterocycles. The Balaban J connectivity index is 0.842. The van der Waals surface area contributed by atoms with Crippen LogP contribution in [0.5, 0.6) is 0 Å². The molecule has 0 spiro atoms. The Labute approximate surface area is 550 Å². The van der Waals surface area contributed by atoms with Gasteiger partial charge in [-0.1, -0.05) is 119 Å². The predicted octanol–water partition coefficient (Wildman–Crippen LogP) is 20.2. The van der Waals surface area contributed by atoms with Gasteiger partial charge in [-0.15, -0.1) is 22.7 Å². The second-order valence-electron chi connectivity index (χ2n) is 24.9. The SMILES string of the molecule is CC(=O)c1c(C)[nH]c(C(c2ccc(C(c3[nH]c(C)c(C(=O)CC(=O)c4c(C)[nH]c(C(c5ccc(C(c6[nH]c(C)c(C(C)=O)c6C)c6csc7ccc(Br)cc67)[nH]5)c5cccc6ccccc56)c4C)c3C)c3csc4ccccc34)[nH]2)c2cccc3ccccc23)c1C. The summed E-state index contributed by atoms with van der Waals surface area (Å²) < 4.78 is 3.29. The van der Waals surface area contributed by atoms with Crippen molar-refractivity contribution in [3.8, 4) is 0 Å². The molecule has 0 radical (unpaired) electrons. The molecule has 8 heterocycles. The molecule has 6 N–H and O–H groups in total. The number of rotatable bonds is 18. The normalized spacial score (nSPS) is 13.2. The molecular weight excluding hydrogens is 1240 g/mol. The third kappa shape index (κ3) is 10.1. The van der Waals surface area contributed by atoms with Gasteiger partial charge in [0.25, 0.3) is 0 Å². The van der Waals surface area contributed by atoms with Gasteiger partial charge in [0.05, 0.1) is 30.1 Å². The maximum absolute atomic E-state index is 15.3. The van der Waals surface area contributed by atoms with E-state index in [4.69, 9.17) is 0 Å². The molecule has 458 valence electrons. The molecule has 0 amide bonds. The fraction of sp³-hybridized carbons (Fsp3) is 0.190. The number of carbonyl (C=O) groups is 4. The van der Waals surface area contributed by atoms with Gasteiger partial charge in [0.15, 0.2) is 23.1 Å². The molecule has 4 atom stereocenters. The summed E-state index contributed by atoms with van der Waals surface area (Å²) in [5, 5.41) is 11.1. The summed E-state index contributed by atoms with van der Waals surface area (Å²) >= 11 is 7.15. The van der Waals surface area contributed by atoms with E-state index in [1.807, 2.05) is 55.4 Å². The molecule has 4 unspecified atom stereocenters. The van der Waals surface area contributed by atoms with Crippen molar-refractivity contribution >= 4 is 103 Å². The molecular formula is C79H69BrN6O4S2. The first-order valence-corrected chi connectivity index (χ1v) is 33.7. The zero-order chi connectivity index (χ0) is 64.1. The van der Waals surface area contributed by atoms with E-state index >= 15 is 9.59 Å². The van der Waals surface area contributed by atoms with Crippen LogP contribution in [0, 0.1) is 55.4 Å². The van der Waals surface area contributed by atoms with Crippen molar-refractivity contribution in [2.24, 2.45) is 0 Å². The van der Waals surface area contributed by atoms with E-state index in [1.54, 1.807) is 36.5 Å². The van der Waals surface area contributed by atoms with E-state index in [-0.39, 0.29) is 47.3 Å². The zero-order valence-corrected chi connectivity index (χ0v) is 56.2. The quantitative estimate of drug-likeness (QED) is 0.0373. The number of Topliss-reactive ketones (excluding diaryl/α,β-unsaturated/α-hetero) is 4. The fourth-order valence-corrected chi connectivity index (χ4v) is 17.7. The first-order chi connectivity index (χ1) is 44.4. The maximum Gasteiger partial charge on any atom is 0.172 e. The molecule has 0 saturated heterocycles. The number of aromatic amines is 6. The van der Waals surface area contributed by atoms with Gasteiger partial charge in [0.2, 0.25) is 0 Å². The van der Waals surface area contributed by atoms with Crippen LogP contribution in [0.4, 0.5) is 0 Å². The number of H-pyrrole nitrogens is 6. The van der Waals surface area contributed by atoms with Crippen LogP contribution in [-0.4, -0.2) is 53.0 Å². The van der Waals surface area contributed by atoms with E-state index in [0.29, 0.717) is 33.6 Å². The number of fused-ring (bicyclic) bond motifs is 4. The fourth-order valence-electron chi connectivity index (χ4n) is 15.4. The van der Waals surface area contributed by atoms with Crippen LogP contribution >= 0.6 is 38.6 Å². The van der Waals surface area contributed by atoms with Crippen molar-refractivity contribution in [1.29, 1.82) is 0 Å². The summed E-state index contributed by atoms with van der Waals surface area (Å²) in [6, 6.07) is 53.1. The lowest BCUT2D eigenvalue weighted by Crippen LogP contribution is -2.12. The third-order valence-corrected chi connectivity index (χ3v) is 21.8. The number of aromatic nitrogens is 6. The van der Waals surface area contributed by atoms with Crippen LogP contribution in [0.25, 0.3) is 41.7 Å². The number of benzene rings is 6. The molecule has 0 aliphatic carbocycles. The van der Waals surface area contributed by atoms with Crippen LogP contribution in [-0.2, 0) is 0 Å². The number of hydrogen-bond acceptors (Lipinski definition) is 6. The van der Waals surface area contributed by atoms with Crippen molar-refractivity contribution in [2.45, 2.75) is 99.3 Å². The van der Waals surface area contributed by atoms with Gasteiger partial charge in [0.1, 0.15) is 0 Å². The van der Waals surface area contributed by atoms with Crippen molar-refractivity contribution in [1.82, 2.24) is 29.9 Å². The predicted molar refractivity (Wildman–Crippen MR) is 379 cm³/mol. The van der Waals surface area contributed by atoms with E-state index in [9.17, 15) is 9.59 Å². The minimum Gasteiger partial charge on any atom is -0.361 e. The molecule has 13 heteroatoms. The average Bonchev–Trinajstić information content (AvgIpc) is 1.60. The number of ketones is 4. The Morgan fingerprint density at radius 2 is 0.717 bits per heavy atom. The highest BCUT2D eigenvalue weighted by Gasteiger charge is 2.36.